The van der Waals surface area contributed by atoms with E-state index in [4.69, 9.17) is 16.3 Å². The van der Waals surface area contributed by atoms with Crippen LogP contribution in [0.25, 0.3) is 0 Å². The second-order valence-corrected chi connectivity index (χ2v) is 8.08. The number of methoxy groups -OCH3 is 1. The van der Waals surface area contributed by atoms with E-state index in [1.807, 2.05) is 29.2 Å². The molecule has 2 fully saturated rings. The fraction of sp³-hybridized carbons (Fsp3) is 0.391. The van der Waals surface area contributed by atoms with Crippen molar-refractivity contribution in [3.05, 3.63) is 53.1 Å². The quantitative estimate of drug-likeness (QED) is 0.744. The second-order valence-electron chi connectivity index (χ2n) is 7.64. The molecule has 2 aliphatic heterocycles. The van der Waals surface area contributed by atoms with E-state index >= 15 is 0 Å². The van der Waals surface area contributed by atoms with Crippen LogP contribution < -0.4 is 14.5 Å². The molecule has 6 nitrogen and oxygen atoms in total. The fourth-order valence-corrected chi connectivity index (χ4v) is 4.32. The molecule has 0 radical (unpaired) electrons. The van der Waals surface area contributed by atoms with Gasteiger partial charge in [0.25, 0.3) is 5.91 Å². The normalized spacial score (nSPS) is 17.3. The molecule has 2 aromatic rings. The molecular weight excluding hydrogens is 402 g/mol. The minimum absolute atomic E-state index is 0.0436. The summed E-state index contributed by atoms with van der Waals surface area (Å²) in [5, 5.41) is 0.530. The number of hydrogen-bond acceptors (Lipinski definition) is 4. The zero-order valence-electron chi connectivity index (χ0n) is 17.1. The summed E-state index contributed by atoms with van der Waals surface area (Å²) in [5.74, 6) is 0.836. The summed E-state index contributed by atoms with van der Waals surface area (Å²) in [6, 6.07) is 13.2. The maximum atomic E-state index is 13.4. The first kappa shape index (κ1) is 20.5. The number of carbonyl (C=O) groups excluding carboxylic acids is 2. The number of halogens is 1. The minimum Gasteiger partial charge on any atom is -0.497 e. The zero-order valence-corrected chi connectivity index (χ0v) is 17.9. The van der Waals surface area contributed by atoms with Crippen molar-refractivity contribution in [1.82, 2.24) is 4.90 Å². The molecule has 4 rings (SSSR count). The first-order valence-electron chi connectivity index (χ1n) is 10.3. The first-order chi connectivity index (χ1) is 14.6. The van der Waals surface area contributed by atoms with Crippen LogP contribution in [0.5, 0.6) is 5.75 Å². The van der Waals surface area contributed by atoms with Gasteiger partial charge >= 0.3 is 0 Å². The van der Waals surface area contributed by atoms with E-state index in [1.165, 1.54) is 0 Å². The van der Waals surface area contributed by atoms with Gasteiger partial charge in [0, 0.05) is 49.9 Å². The summed E-state index contributed by atoms with van der Waals surface area (Å²) in [5.41, 5.74) is 2.30. The lowest BCUT2D eigenvalue weighted by Gasteiger charge is -2.26. The van der Waals surface area contributed by atoms with Crippen LogP contribution in [-0.4, -0.2) is 56.5 Å². The van der Waals surface area contributed by atoms with Gasteiger partial charge in [0.15, 0.2) is 0 Å². The topological polar surface area (TPSA) is 53.1 Å². The van der Waals surface area contributed by atoms with E-state index in [2.05, 4.69) is 4.90 Å². The Kier molecular flexibility index (Phi) is 6.13. The molecule has 7 heteroatoms. The average molecular weight is 428 g/mol. The largest absolute Gasteiger partial charge is 0.497 e. The lowest BCUT2D eigenvalue weighted by atomic mass is 10.1. The number of amides is 2. The standard InChI is InChI=1S/C23H26ClN3O3/c1-30-19-8-6-18(7-9-19)25-11-3-12-26(15-14-25)23(29)20-10-5-17(24)16-21(20)27-13-2-4-22(27)28/h5-10,16H,2-4,11-15H2,1H3. The van der Waals surface area contributed by atoms with Crippen molar-refractivity contribution in [3.8, 4) is 5.75 Å². The Bertz CT molecular complexity index is 932. The van der Waals surface area contributed by atoms with Crippen LogP contribution in [0.3, 0.4) is 0 Å². The predicted octanol–water partition coefficient (Wildman–Crippen LogP) is 3.83. The van der Waals surface area contributed by atoms with Gasteiger partial charge in [-0.2, -0.15) is 0 Å². The number of anilines is 2. The molecule has 0 N–H and O–H groups in total. The molecule has 2 aromatic carbocycles. The third-order valence-corrected chi connectivity index (χ3v) is 6.01. The molecule has 0 aromatic heterocycles. The predicted molar refractivity (Wildman–Crippen MR) is 119 cm³/mol. The summed E-state index contributed by atoms with van der Waals surface area (Å²) in [6.07, 6.45) is 2.20. The Balaban J connectivity index is 1.51. The van der Waals surface area contributed by atoms with Crippen molar-refractivity contribution in [2.45, 2.75) is 19.3 Å². The van der Waals surface area contributed by atoms with Crippen LogP contribution >= 0.6 is 11.6 Å². The summed E-state index contributed by atoms with van der Waals surface area (Å²) in [7, 11) is 1.66. The molecule has 2 heterocycles. The maximum Gasteiger partial charge on any atom is 0.256 e. The lowest BCUT2D eigenvalue weighted by Crippen LogP contribution is -2.36. The second kappa shape index (κ2) is 8.96. The molecule has 2 saturated heterocycles. The molecule has 30 heavy (non-hydrogen) atoms. The molecule has 0 spiro atoms. The first-order valence-corrected chi connectivity index (χ1v) is 10.7. The van der Waals surface area contributed by atoms with E-state index in [0.717, 1.165) is 37.4 Å². The third-order valence-electron chi connectivity index (χ3n) is 5.78. The van der Waals surface area contributed by atoms with Gasteiger partial charge < -0.3 is 19.4 Å². The number of ether oxygens (including phenoxy) is 1. The Morgan fingerprint density at radius 2 is 1.77 bits per heavy atom. The number of nitrogens with zero attached hydrogens (tertiary/aromatic N) is 3. The summed E-state index contributed by atoms with van der Waals surface area (Å²) >= 11 is 6.19. The van der Waals surface area contributed by atoms with Gasteiger partial charge in [-0.05, 0) is 55.3 Å². The highest BCUT2D eigenvalue weighted by molar-refractivity contribution is 6.31. The number of benzene rings is 2. The van der Waals surface area contributed by atoms with Crippen LogP contribution in [0, 0.1) is 0 Å². The van der Waals surface area contributed by atoms with Gasteiger partial charge in [-0.1, -0.05) is 11.6 Å². The number of carbonyl (C=O) groups is 2. The average Bonchev–Trinajstić information content (AvgIpc) is 3.04. The molecule has 158 valence electrons. The smallest absolute Gasteiger partial charge is 0.256 e. The van der Waals surface area contributed by atoms with Crippen molar-refractivity contribution in [2.24, 2.45) is 0 Å². The molecule has 0 atom stereocenters. The molecule has 0 aliphatic carbocycles. The summed E-state index contributed by atoms with van der Waals surface area (Å²) in [4.78, 5) is 31.5. The van der Waals surface area contributed by atoms with Gasteiger partial charge in [-0.15, -0.1) is 0 Å². The van der Waals surface area contributed by atoms with Crippen LogP contribution in [0.15, 0.2) is 42.5 Å². The molecule has 0 saturated carbocycles. The van der Waals surface area contributed by atoms with Crippen LogP contribution in [0.4, 0.5) is 11.4 Å². The van der Waals surface area contributed by atoms with Gasteiger partial charge in [0.1, 0.15) is 5.75 Å². The van der Waals surface area contributed by atoms with Gasteiger partial charge in [0.05, 0.1) is 18.4 Å². The van der Waals surface area contributed by atoms with Crippen molar-refractivity contribution in [2.75, 3.05) is 49.6 Å². The zero-order chi connectivity index (χ0) is 21.1. The van der Waals surface area contributed by atoms with Crippen molar-refractivity contribution in [1.29, 1.82) is 0 Å². The van der Waals surface area contributed by atoms with Crippen molar-refractivity contribution >= 4 is 34.8 Å². The lowest BCUT2D eigenvalue weighted by molar-refractivity contribution is -0.117. The van der Waals surface area contributed by atoms with Gasteiger partial charge in [0.2, 0.25) is 5.91 Å². The van der Waals surface area contributed by atoms with E-state index in [0.29, 0.717) is 42.3 Å². The monoisotopic (exact) mass is 427 g/mol. The Morgan fingerprint density at radius 1 is 0.967 bits per heavy atom. The highest BCUT2D eigenvalue weighted by Crippen LogP contribution is 2.30. The summed E-state index contributed by atoms with van der Waals surface area (Å²) < 4.78 is 5.24. The SMILES string of the molecule is COc1ccc(N2CCCN(C(=O)c3ccc(Cl)cc3N3CCCC3=O)CC2)cc1. The van der Waals surface area contributed by atoms with E-state index in [1.54, 1.807) is 30.2 Å². The minimum atomic E-state index is -0.0436. The van der Waals surface area contributed by atoms with Crippen LogP contribution in [-0.2, 0) is 4.79 Å². The maximum absolute atomic E-state index is 13.4. The summed E-state index contributed by atoms with van der Waals surface area (Å²) in [6.45, 7) is 3.57. The van der Waals surface area contributed by atoms with E-state index < -0.39 is 0 Å². The molecule has 0 unspecified atom stereocenters. The Labute approximate surface area is 182 Å². The van der Waals surface area contributed by atoms with Crippen molar-refractivity contribution < 1.29 is 14.3 Å². The highest BCUT2D eigenvalue weighted by atomic mass is 35.5. The molecule has 2 aliphatic rings. The Hall–Kier alpha value is -2.73. The molecule has 2 amide bonds. The van der Waals surface area contributed by atoms with E-state index in [9.17, 15) is 9.59 Å². The number of rotatable bonds is 4. The fourth-order valence-electron chi connectivity index (χ4n) is 4.15. The van der Waals surface area contributed by atoms with Crippen LogP contribution in [0.1, 0.15) is 29.6 Å². The van der Waals surface area contributed by atoms with Crippen molar-refractivity contribution in [3.63, 3.8) is 0 Å². The van der Waals surface area contributed by atoms with Gasteiger partial charge in [-0.25, -0.2) is 0 Å². The van der Waals surface area contributed by atoms with Crippen LogP contribution in [0.2, 0.25) is 5.02 Å². The highest BCUT2D eigenvalue weighted by Gasteiger charge is 2.29. The third kappa shape index (κ3) is 4.24. The molecule has 0 bridgehead atoms. The van der Waals surface area contributed by atoms with E-state index in [-0.39, 0.29) is 11.8 Å². The van der Waals surface area contributed by atoms with Gasteiger partial charge in [-0.3, -0.25) is 9.59 Å². The Morgan fingerprint density at radius 3 is 2.47 bits per heavy atom. The number of hydrogen-bond donors (Lipinski definition) is 0. The molecular formula is C23H26ClN3O3.